The molecule has 1 aromatic carbocycles. The molecule has 0 amide bonds. The largest absolute Gasteiger partial charge is 0.497 e. The summed E-state index contributed by atoms with van der Waals surface area (Å²) in [4.78, 5) is 2.45. The zero-order chi connectivity index (χ0) is 13.0. The summed E-state index contributed by atoms with van der Waals surface area (Å²) in [6.07, 6.45) is 2.31. The lowest BCUT2D eigenvalue weighted by Gasteiger charge is -2.36. The summed E-state index contributed by atoms with van der Waals surface area (Å²) in [5, 5.41) is 9.28. The first-order valence-corrected chi connectivity index (χ1v) is 7.59. The van der Waals surface area contributed by atoms with E-state index in [0.29, 0.717) is 16.6 Å². The van der Waals surface area contributed by atoms with Gasteiger partial charge < -0.3 is 9.84 Å². The Morgan fingerprint density at radius 1 is 1.33 bits per heavy atom. The second-order valence-corrected chi connectivity index (χ2v) is 6.28. The third kappa shape index (κ3) is 3.59. The number of likely N-dealkylation sites (tertiary alicyclic amines) is 1. The smallest absolute Gasteiger partial charge is 0.118 e. The van der Waals surface area contributed by atoms with Gasteiger partial charge in [-0.05, 0) is 36.5 Å². The Balaban J connectivity index is 1.97. The number of piperidine rings is 1. The topological polar surface area (TPSA) is 32.7 Å². The summed E-state index contributed by atoms with van der Waals surface area (Å²) in [5.41, 5.74) is 1.30. The van der Waals surface area contributed by atoms with E-state index >= 15 is 0 Å². The number of halogens is 1. The molecule has 4 heteroatoms. The van der Waals surface area contributed by atoms with Crippen molar-refractivity contribution in [2.45, 2.75) is 23.4 Å². The van der Waals surface area contributed by atoms with Crippen molar-refractivity contribution in [3.8, 4) is 5.75 Å². The van der Waals surface area contributed by atoms with Crippen LogP contribution in [-0.2, 0) is 6.54 Å². The van der Waals surface area contributed by atoms with Crippen molar-refractivity contribution in [1.82, 2.24) is 4.90 Å². The minimum atomic E-state index is 0.308. The molecular weight excluding hydrogens is 341 g/mol. The van der Waals surface area contributed by atoms with Crippen molar-refractivity contribution < 1.29 is 9.84 Å². The molecule has 100 valence electrons. The zero-order valence-corrected chi connectivity index (χ0v) is 12.8. The molecule has 0 saturated carbocycles. The van der Waals surface area contributed by atoms with E-state index in [9.17, 15) is 5.11 Å². The van der Waals surface area contributed by atoms with Gasteiger partial charge >= 0.3 is 0 Å². The van der Waals surface area contributed by atoms with Crippen LogP contribution in [0.5, 0.6) is 5.75 Å². The van der Waals surface area contributed by atoms with Crippen molar-refractivity contribution in [2.75, 3.05) is 20.3 Å². The second kappa shape index (κ2) is 6.73. The average Bonchev–Trinajstić information content (AvgIpc) is 2.42. The number of aliphatic hydroxyl groups excluding tert-OH is 1. The molecule has 1 fully saturated rings. The van der Waals surface area contributed by atoms with Gasteiger partial charge in [-0.15, -0.1) is 0 Å². The van der Waals surface area contributed by atoms with Gasteiger partial charge in [-0.2, -0.15) is 0 Å². The van der Waals surface area contributed by atoms with Gasteiger partial charge in [0.1, 0.15) is 5.75 Å². The summed E-state index contributed by atoms with van der Waals surface area (Å²) in [6, 6.07) is 8.24. The first-order valence-electron chi connectivity index (χ1n) is 6.35. The first kappa shape index (κ1) is 14.1. The van der Waals surface area contributed by atoms with Crippen LogP contribution in [0.1, 0.15) is 18.4 Å². The Labute approximate surface area is 122 Å². The Bertz CT molecular complexity index is 369. The summed E-state index contributed by atoms with van der Waals surface area (Å²) >= 11 is 2.51. The van der Waals surface area contributed by atoms with Gasteiger partial charge in [0.25, 0.3) is 0 Å². The molecular formula is C14H20INO2. The van der Waals surface area contributed by atoms with Crippen LogP contribution in [0.4, 0.5) is 0 Å². The molecule has 18 heavy (non-hydrogen) atoms. The second-order valence-electron chi connectivity index (χ2n) is 4.84. The number of alkyl halides is 1. The fourth-order valence-corrected chi connectivity index (χ4v) is 3.16. The lowest BCUT2D eigenvalue weighted by molar-refractivity contribution is 0.109. The fourth-order valence-electron chi connectivity index (χ4n) is 2.37. The van der Waals surface area contributed by atoms with Crippen LogP contribution >= 0.6 is 22.6 Å². The number of benzene rings is 1. The van der Waals surface area contributed by atoms with Crippen LogP contribution in [0.15, 0.2) is 24.3 Å². The van der Waals surface area contributed by atoms with Gasteiger partial charge in [0.2, 0.25) is 0 Å². The van der Waals surface area contributed by atoms with Gasteiger partial charge in [0.15, 0.2) is 0 Å². The lowest BCUT2D eigenvalue weighted by atomic mass is 9.98. The van der Waals surface area contributed by atoms with Gasteiger partial charge in [-0.25, -0.2) is 0 Å². The summed E-state index contributed by atoms with van der Waals surface area (Å²) in [7, 11) is 1.69. The Morgan fingerprint density at radius 2 is 2.06 bits per heavy atom. The molecule has 0 bridgehead atoms. The number of rotatable bonds is 4. The highest BCUT2D eigenvalue weighted by atomic mass is 127. The number of methoxy groups -OCH3 is 1. The van der Waals surface area contributed by atoms with Crippen molar-refractivity contribution in [3.05, 3.63) is 29.8 Å². The highest BCUT2D eigenvalue weighted by Crippen LogP contribution is 2.27. The lowest BCUT2D eigenvalue weighted by Crippen LogP contribution is -2.40. The van der Waals surface area contributed by atoms with Crippen molar-refractivity contribution >= 4 is 22.6 Å². The molecule has 1 aliphatic heterocycles. The maximum absolute atomic E-state index is 9.28. The van der Waals surface area contributed by atoms with E-state index < -0.39 is 0 Å². The van der Waals surface area contributed by atoms with Gasteiger partial charge in [-0.3, -0.25) is 4.90 Å². The van der Waals surface area contributed by atoms with E-state index in [-0.39, 0.29) is 0 Å². The number of nitrogens with zero attached hydrogens (tertiary/aromatic N) is 1. The third-order valence-electron chi connectivity index (χ3n) is 3.50. The molecule has 0 spiro atoms. The van der Waals surface area contributed by atoms with E-state index in [1.807, 2.05) is 12.1 Å². The standard InChI is InChI=1S/C14H20INO2/c1-18-13-5-2-11(3-6-13)8-16-9-12(10-17)4-7-14(16)15/h2-3,5-6,12,14,17H,4,7-10H2,1H3/t12-,14+/m1/s1. The molecule has 1 heterocycles. The monoisotopic (exact) mass is 361 g/mol. The Hall–Kier alpha value is -0.330. The van der Waals surface area contributed by atoms with Crippen LogP contribution in [0.3, 0.4) is 0 Å². The van der Waals surface area contributed by atoms with E-state index in [0.717, 1.165) is 25.3 Å². The SMILES string of the molecule is COc1ccc(CN2C[C@H](CO)CC[C@H]2I)cc1. The third-order valence-corrected chi connectivity index (χ3v) is 4.92. The van der Waals surface area contributed by atoms with Crippen LogP contribution in [-0.4, -0.2) is 34.3 Å². The molecule has 3 nitrogen and oxygen atoms in total. The molecule has 1 aromatic rings. The molecule has 2 rings (SSSR count). The van der Waals surface area contributed by atoms with E-state index in [4.69, 9.17) is 4.74 Å². The van der Waals surface area contributed by atoms with E-state index in [2.05, 4.69) is 39.6 Å². The van der Waals surface area contributed by atoms with Crippen LogP contribution in [0.25, 0.3) is 0 Å². The fraction of sp³-hybridized carbons (Fsp3) is 0.571. The minimum Gasteiger partial charge on any atom is -0.497 e. The first-order chi connectivity index (χ1) is 8.72. The molecule has 0 radical (unpaired) electrons. The van der Waals surface area contributed by atoms with Gasteiger partial charge in [0, 0.05) is 19.7 Å². The number of hydrogen-bond acceptors (Lipinski definition) is 3. The van der Waals surface area contributed by atoms with Gasteiger partial charge in [0.05, 0.1) is 11.2 Å². The minimum absolute atomic E-state index is 0.308. The normalized spacial score (nSPS) is 25.1. The average molecular weight is 361 g/mol. The van der Waals surface area contributed by atoms with Gasteiger partial charge in [-0.1, -0.05) is 34.7 Å². The summed E-state index contributed by atoms with van der Waals surface area (Å²) in [6.45, 7) is 2.26. The van der Waals surface area contributed by atoms with Crippen molar-refractivity contribution in [1.29, 1.82) is 0 Å². The maximum Gasteiger partial charge on any atom is 0.118 e. The molecule has 0 unspecified atom stereocenters. The predicted molar refractivity (Wildman–Crippen MR) is 81.0 cm³/mol. The molecule has 1 aliphatic rings. The molecule has 0 aromatic heterocycles. The number of ether oxygens (including phenoxy) is 1. The number of hydrogen-bond donors (Lipinski definition) is 1. The Kier molecular flexibility index (Phi) is 5.26. The molecule has 1 N–H and O–H groups in total. The zero-order valence-electron chi connectivity index (χ0n) is 10.7. The van der Waals surface area contributed by atoms with E-state index in [1.54, 1.807) is 7.11 Å². The van der Waals surface area contributed by atoms with Crippen molar-refractivity contribution in [3.63, 3.8) is 0 Å². The Morgan fingerprint density at radius 3 is 2.67 bits per heavy atom. The predicted octanol–water partition coefficient (Wildman–Crippen LogP) is 2.66. The summed E-state index contributed by atoms with van der Waals surface area (Å²) in [5.74, 6) is 1.34. The number of aliphatic hydroxyl groups is 1. The van der Waals surface area contributed by atoms with E-state index in [1.165, 1.54) is 12.0 Å². The molecule has 1 saturated heterocycles. The van der Waals surface area contributed by atoms with Crippen LogP contribution in [0, 0.1) is 5.92 Å². The quantitative estimate of drug-likeness (QED) is 0.509. The van der Waals surface area contributed by atoms with Crippen molar-refractivity contribution in [2.24, 2.45) is 5.92 Å². The highest BCUT2D eigenvalue weighted by Gasteiger charge is 2.25. The maximum atomic E-state index is 9.28. The summed E-state index contributed by atoms with van der Waals surface area (Å²) < 4.78 is 5.74. The van der Waals surface area contributed by atoms with Crippen LogP contribution < -0.4 is 4.74 Å². The highest BCUT2D eigenvalue weighted by molar-refractivity contribution is 14.1. The molecule has 2 atom stereocenters. The van der Waals surface area contributed by atoms with Crippen LogP contribution in [0.2, 0.25) is 0 Å². The molecule has 0 aliphatic carbocycles.